The number of nitrogens with one attached hydrogen (secondary N) is 1. The van der Waals surface area contributed by atoms with Gasteiger partial charge in [-0.05, 0) is 31.4 Å². The molecule has 1 amide bonds. The van der Waals surface area contributed by atoms with E-state index in [-0.39, 0.29) is 16.3 Å². The molecule has 7 nitrogen and oxygen atoms in total. The number of ether oxygens (including phenoxy) is 1. The Balaban J connectivity index is 0.000000403. The molecule has 1 atom stereocenters. The summed E-state index contributed by atoms with van der Waals surface area (Å²) in [4.78, 5) is 16.1. The molecule has 180 valence electrons. The number of carbonyl (C=O) groups is 1. The van der Waals surface area contributed by atoms with Gasteiger partial charge in [-0.25, -0.2) is 13.8 Å². The number of thiazole rings is 1. The molecule has 1 aliphatic rings. The van der Waals surface area contributed by atoms with Crippen LogP contribution in [0.3, 0.4) is 0 Å². The van der Waals surface area contributed by atoms with Gasteiger partial charge < -0.3 is 15.8 Å². The van der Waals surface area contributed by atoms with Gasteiger partial charge >= 0.3 is 0 Å². The molecule has 1 aromatic carbocycles. The van der Waals surface area contributed by atoms with Crippen LogP contribution in [0, 0.1) is 37.3 Å². The van der Waals surface area contributed by atoms with E-state index in [0.29, 0.717) is 11.7 Å². The van der Waals surface area contributed by atoms with Gasteiger partial charge in [-0.1, -0.05) is 6.07 Å². The molecule has 34 heavy (non-hydrogen) atoms. The highest BCUT2D eigenvalue weighted by molar-refractivity contribution is 7.13. The summed E-state index contributed by atoms with van der Waals surface area (Å²) < 4.78 is 34.1. The fourth-order valence-corrected chi connectivity index (χ4v) is 3.65. The van der Waals surface area contributed by atoms with E-state index in [1.165, 1.54) is 22.3 Å². The number of nitrogens with zero attached hydrogens (tertiary/aromatic N) is 3. The summed E-state index contributed by atoms with van der Waals surface area (Å²) in [7, 11) is 1.72. The molecule has 1 fully saturated rings. The summed E-state index contributed by atoms with van der Waals surface area (Å²) in [5, 5.41) is 8.10. The maximum Gasteiger partial charge on any atom is 0.275 e. The van der Waals surface area contributed by atoms with Gasteiger partial charge in [0.2, 0.25) is 0 Å². The van der Waals surface area contributed by atoms with Crippen LogP contribution in [0.4, 0.5) is 14.5 Å². The number of carbonyl (C=O) groups excluding carboxylic acids is 1. The number of hydrogen-bond acceptors (Lipinski definition) is 6. The lowest BCUT2D eigenvalue weighted by atomic mass is 10.1. The highest BCUT2D eigenvalue weighted by Crippen LogP contribution is 2.29. The maximum atomic E-state index is 13.7. The van der Waals surface area contributed by atoms with E-state index in [1.54, 1.807) is 13.2 Å². The van der Waals surface area contributed by atoms with Crippen molar-refractivity contribution >= 4 is 22.9 Å². The lowest BCUT2D eigenvalue weighted by molar-refractivity contribution is 0.102. The van der Waals surface area contributed by atoms with Crippen molar-refractivity contribution in [3.05, 3.63) is 53.3 Å². The molecule has 0 bridgehead atoms. The highest BCUT2D eigenvalue weighted by atomic mass is 32.1. The number of amides is 1. The van der Waals surface area contributed by atoms with Gasteiger partial charge in [-0.2, -0.15) is 5.10 Å². The lowest BCUT2D eigenvalue weighted by Crippen LogP contribution is -2.19. The normalized spacial score (nSPS) is 14.5. The Labute approximate surface area is 202 Å². The molecule has 1 aliphatic heterocycles. The smallest absolute Gasteiger partial charge is 0.275 e. The molecule has 0 saturated carbocycles. The summed E-state index contributed by atoms with van der Waals surface area (Å²) in [5.74, 6) is -1.89. The summed E-state index contributed by atoms with van der Waals surface area (Å²) in [6.45, 7) is 1.77. The second-order valence-electron chi connectivity index (χ2n) is 6.79. The van der Waals surface area contributed by atoms with E-state index in [4.69, 9.17) is 10.5 Å². The number of terminal acetylenes is 2. The van der Waals surface area contributed by atoms with Crippen LogP contribution in [-0.2, 0) is 11.8 Å². The number of anilines is 1. The predicted molar refractivity (Wildman–Crippen MR) is 131 cm³/mol. The number of aryl methyl sites for hydroxylation is 1. The quantitative estimate of drug-likeness (QED) is 0.543. The second kappa shape index (κ2) is 15.3. The highest BCUT2D eigenvalue weighted by Gasteiger charge is 2.17. The van der Waals surface area contributed by atoms with Crippen molar-refractivity contribution in [3.8, 4) is 36.3 Å². The first kappa shape index (κ1) is 28.5. The standard InChI is InChI=1S/C14H10F2N4OS.C6H13NO.2C2H2/c1-20-6-8(5-17-20)18-13(21)11-7-22-14(19-11)12-9(15)3-2-4-10(12)16;7-6-2-1-4-8-5-3-6;2*1-2/h2-7H,1H3,(H,18,21);6H,1-5,7H2;2*1-2H/t;6-;;/m.1../s1. The number of halogens is 2. The van der Waals surface area contributed by atoms with Crippen LogP contribution in [0.1, 0.15) is 29.8 Å². The molecular formula is C24H27F2N5O2S. The van der Waals surface area contributed by atoms with Gasteiger partial charge in [-0.3, -0.25) is 9.48 Å². The molecule has 0 aliphatic carbocycles. The Morgan fingerprint density at radius 2 is 1.88 bits per heavy atom. The van der Waals surface area contributed by atoms with E-state index in [2.05, 4.69) is 41.1 Å². The predicted octanol–water partition coefficient (Wildman–Crippen LogP) is 4.09. The molecule has 3 heterocycles. The zero-order valence-corrected chi connectivity index (χ0v) is 19.6. The molecule has 4 rings (SSSR count). The molecule has 1 saturated heterocycles. The zero-order chi connectivity index (χ0) is 25.5. The van der Waals surface area contributed by atoms with Gasteiger partial charge in [0.15, 0.2) is 0 Å². The number of aromatic nitrogens is 3. The average Bonchev–Trinajstić information content (AvgIpc) is 3.41. The fraction of sp³-hybridized carbons (Fsp3) is 0.292. The van der Waals surface area contributed by atoms with E-state index in [0.717, 1.165) is 55.9 Å². The number of benzene rings is 1. The molecule has 0 unspecified atom stereocenters. The van der Waals surface area contributed by atoms with Crippen LogP contribution in [0.5, 0.6) is 0 Å². The molecule has 3 aromatic rings. The largest absolute Gasteiger partial charge is 0.381 e. The van der Waals surface area contributed by atoms with Crippen LogP contribution in [-0.4, -0.2) is 39.9 Å². The summed E-state index contributed by atoms with van der Waals surface area (Å²) in [6, 6.07) is 3.97. The summed E-state index contributed by atoms with van der Waals surface area (Å²) in [6.07, 6.45) is 22.4. The lowest BCUT2D eigenvalue weighted by Gasteiger charge is -2.02. The minimum atomic E-state index is -0.714. The monoisotopic (exact) mass is 487 g/mol. The molecule has 0 spiro atoms. The molecule has 10 heteroatoms. The third kappa shape index (κ3) is 8.75. The summed E-state index contributed by atoms with van der Waals surface area (Å²) >= 11 is 1.00. The SMILES string of the molecule is C#C.C#C.Cn1cc(NC(=O)c2csc(-c3c(F)cccc3F)n2)cn1.N[C@@H]1CCCOCC1. The van der Waals surface area contributed by atoms with Crippen molar-refractivity contribution in [2.75, 3.05) is 18.5 Å². The second-order valence-corrected chi connectivity index (χ2v) is 7.65. The first-order chi connectivity index (χ1) is 16.4. The average molecular weight is 488 g/mol. The van der Waals surface area contributed by atoms with Crippen LogP contribution < -0.4 is 11.1 Å². The number of rotatable bonds is 3. The third-order valence-corrected chi connectivity index (χ3v) is 5.23. The van der Waals surface area contributed by atoms with E-state index in [1.807, 2.05) is 0 Å². The molecular weight excluding hydrogens is 460 g/mol. The van der Waals surface area contributed by atoms with E-state index >= 15 is 0 Å². The van der Waals surface area contributed by atoms with E-state index in [9.17, 15) is 13.6 Å². The van der Waals surface area contributed by atoms with Crippen molar-refractivity contribution < 1.29 is 18.3 Å². The third-order valence-electron chi connectivity index (χ3n) is 4.37. The molecule has 0 radical (unpaired) electrons. The van der Waals surface area contributed by atoms with Crippen molar-refractivity contribution in [1.82, 2.24) is 14.8 Å². The first-order valence-corrected chi connectivity index (χ1v) is 11.0. The minimum Gasteiger partial charge on any atom is -0.381 e. The van der Waals surface area contributed by atoms with Gasteiger partial charge in [0.1, 0.15) is 22.3 Å². The van der Waals surface area contributed by atoms with Gasteiger partial charge in [-0.15, -0.1) is 37.0 Å². The Bertz CT molecular complexity index is 1040. The van der Waals surface area contributed by atoms with Crippen molar-refractivity contribution in [2.24, 2.45) is 12.8 Å². The minimum absolute atomic E-state index is 0.0894. The Morgan fingerprint density at radius 3 is 2.50 bits per heavy atom. The Morgan fingerprint density at radius 1 is 1.21 bits per heavy atom. The van der Waals surface area contributed by atoms with Crippen molar-refractivity contribution in [3.63, 3.8) is 0 Å². The van der Waals surface area contributed by atoms with Gasteiger partial charge in [0.05, 0.1) is 17.4 Å². The van der Waals surface area contributed by atoms with Gasteiger partial charge in [0, 0.05) is 37.9 Å². The zero-order valence-electron chi connectivity index (χ0n) is 18.8. The summed E-state index contributed by atoms with van der Waals surface area (Å²) in [5.41, 5.74) is 6.03. The van der Waals surface area contributed by atoms with Gasteiger partial charge in [0.25, 0.3) is 5.91 Å². The maximum absolute atomic E-state index is 13.7. The van der Waals surface area contributed by atoms with Crippen LogP contribution in [0.2, 0.25) is 0 Å². The van der Waals surface area contributed by atoms with Crippen LogP contribution >= 0.6 is 11.3 Å². The topological polar surface area (TPSA) is 95.1 Å². The fourth-order valence-electron chi connectivity index (χ4n) is 2.80. The Kier molecular flexibility index (Phi) is 12.8. The number of hydrogen-bond donors (Lipinski definition) is 2. The van der Waals surface area contributed by atoms with Crippen LogP contribution in [0.15, 0.2) is 36.0 Å². The molecule has 3 N–H and O–H groups in total. The molecule has 2 aromatic heterocycles. The van der Waals surface area contributed by atoms with Crippen molar-refractivity contribution in [1.29, 1.82) is 0 Å². The van der Waals surface area contributed by atoms with Crippen molar-refractivity contribution in [2.45, 2.75) is 25.3 Å². The van der Waals surface area contributed by atoms with E-state index < -0.39 is 17.5 Å². The van der Waals surface area contributed by atoms with Crippen LogP contribution in [0.25, 0.3) is 10.6 Å². The number of nitrogens with two attached hydrogens (primary N) is 1. The Hall–Kier alpha value is -3.57. The first-order valence-electron chi connectivity index (χ1n) is 10.1.